The number of rotatable bonds is 6. The van der Waals surface area contributed by atoms with Crippen molar-refractivity contribution in [2.45, 2.75) is 6.92 Å². The third-order valence-corrected chi connectivity index (χ3v) is 3.09. The number of hydrogen-bond acceptors (Lipinski definition) is 4. The van der Waals surface area contributed by atoms with Crippen LogP contribution in [0.1, 0.15) is 17.3 Å². The molecule has 0 radical (unpaired) electrons. The van der Waals surface area contributed by atoms with Gasteiger partial charge in [-0.1, -0.05) is 6.92 Å². The molecule has 5 nitrogen and oxygen atoms in total. The first kappa shape index (κ1) is 15.3. The fourth-order valence-corrected chi connectivity index (χ4v) is 1.72. The average Bonchev–Trinajstić information content (AvgIpc) is 2.37. The summed E-state index contributed by atoms with van der Waals surface area (Å²) in [6.45, 7) is 4.54. The van der Waals surface area contributed by atoms with Gasteiger partial charge >= 0.3 is 0 Å². The Morgan fingerprint density at radius 2 is 2.00 bits per heavy atom. The molecular weight excluding hydrogens is 240 g/mol. The SMILES string of the molecule is CCN(C)CCNC(=O)c1ccc(N(C)C)c(N)c1. The average molecular weight is 264 g/mol. The van der Waals surface area contributed by atoms with Crippen LogP contribution < -0.4 is 16.0 Å². The number of carbonyl (C=O) groups excluding carboxylic acids is 1. The summed E-state index contributed by atoms with van der Waals surface area (Å²) in [6.07, 6.45) is 0. The van der Waals surface area contributed by atoms with E-state index < -0.39 is 0 Å². The fourth-order valence-electron chi connectivity index (χ4n) is 1.72. The zero-order chi connectivity index (χ0) is 14.4. The lowest BCUT2D eigenvalue weighted by molar-refractivity contribution is 0.0950. The molecule has 0 aliphatic heterocycles. The van der Waals surface area contributed by atoms with Gasteiger partial charge in [0.05, 0.1) is 11.4 Å². The monoisotopic (exact) mass is 264 g/mol. The highest BCUT2D eigenvalue weighted by Crippen LogP contribution is 2.22. The van der Waals surface area contributed by atoms with Crippen LogP contribution in [0.3, 0.4) is 0 Å². The maximum Gasteiger partial charge on any atom is 0.251 e. The number of likely N-dealkylation sites (N-methyl/N-ethyl adjacent to an activating group) is 1. The molecule has 0 unspecified atom stereocenters. The van der Waals surface area contributed by atoms with Crippen LogP contribution >= 0.6 is 0 Å². The summed E-state index contributed by atoms with van der Waals surface area (Å²) in [7, 11) is 5.87. The quantitative estimate of drug-likeness (QED) is 0.753. The molecule has 1 rings (SSSR count). The molecule has 5 heteroatoms. The van der Waals surface area contributed by atoms with Crippen LogP contribution in [0.15, 0.2) is 18.2 Å². The molecule has 0 heterocycles. The van der Waals surface area contributed by atoms with Crippen molar-refractivity contribution in [3.05, 3.63) is 23.8 Å². The molecule has 1 aromatic rings. The zero-order valence-electron chi connectivity index (χ0n) is 12.2. The van der Waals surface area contributed by atoms with E-state index in [2.05, 4.69) is 17.1 Å². The van der Waals surface area contributed by atoms with E-state index in [-0.39, 0.29) is 5.91 Å². The van der Waals surface area contributed by atoms with Crippen LogP contribution in [-0.4, -0.2) is 51.6 Å². The molecule has 0 fully saturated rings. The Kier molecular flexibility index (Phi) is 5.63. The van der Waals surface area contributed by atoms with Crippen molar-refractivity contribution in [3.63, 3.8) is 0 Å². The molecule has 0 aliphatic rings. The molecular formula is C14H24N4O. The molecule has 3 N–H and O–H groups in total. The van der Waals surface area contributed by atoms with Crippen LogP contribution in [0.2, 0.25) is 0 Å². The highest BCUT2D eigenvalue weighted by molar-refractivity contribution is 5.96. The predicted octanol–water partition coefficient (Wildman–Crippen LogP) is 1.02. The van der Waals surface area contributed by atoms with Crippen LogP contribution in [-0.2, 0) is 0 Å². The molecule has 0 bridgehead atoms. The van der Waals surface area contributed by atoms with E-state index in [0.29, 0.717) is 17.8 Å². The van der Waals surface area contributed by atoms with Crippen molar-refractivity contribution >= 4 is 17.3 Å². The number of nitrogens with zero attached hydrogens (tertiary/aromatic N) is 2. The maximum atomic E-state index is 11.9. The number of nitrogen functional groups attached to an aromatic ring is 1. The van der Waals surface area contributed by atoms with Crippen LogP contribution in [0.5, 0.6) is 0 Å². The third-order valence-electron chi connectivity index (χ3n) is 3.09. The normalized spacial score (nSPS) is 10.6. The van der Waals surface area contributed by atoms with Crippen molar-refractivity contribution in [3.8, 4) is 0 Å². The van der Waals surface area contributed by atoms with Crippen LogP contribution in [0.25, 0.3) is 0 Å². The lowest BCUT2D eigenvalue weighted by atomic mass is 10.1. The van der Waals surface area contributed by atoms with Gasteiger partial charge in [0.1, 0.15) is 0 Å². The molecule has 1 aromatic carbocycles. The van der Waals surface area contributed by atoms with E-state index >= 15 is 0 Å². The topological polar surface area (TPSA) is 61.6 Å². The smallest absolute Gasteiger partial charge is 0.251 e. The number of hydrogen-bond donors (Lipinski definition) is 2. The van der Waals surface area contributed by atoms with Gasteiger partial charge in [-0.05, 0) is 31.8 Å². The van der Waals surface area contributed by atoms with Gasteiger partial charge in [-0.2, -0.15) is 0 Å². The van der Waals surface area contributed by atoms with Gasteiger partial charge in [0, 0.05) is 32.7 Å². The Morgan fingerprint density at radius 3 is 2.53 bits per heavy atom. The first-order valence-corrected chi connectivity index (χ1v) is 6.49. The number of benzene rings is 1. The van der Waals surface area contributed by atoms with Gasteiger partial charge in [-0.3, -0.25) is 4.79 Å². The van der Waals surface area contributed by atoms with Crippen molar-refractivity contribution in [2.75, 3.05) is 51.4 Å². The Hall–Kier alpha value is -1.75. The van der Waals surface area contributed by atoms with Crippen molar-refractivity contribution < 1.29 is 4.79 Å². The molecule has 106 valence electrons. The van der Waals surface area contributed by atoms with E-state index in [0.717, 1.165) is 18.8 Å². The second-order valence-corrected chi connectivity index (χ2v) is 4.82. The standard InChI is InChI=1S/C14H24N4O/c1-5-18(4)9-8-16-14(19)11-6-7-13(17(2)3)12(15)10-11/h6-7,10H,5,8-9,15H2,1-4H3,(H,16,19). The molecule has 0 saturated carbocycles. The van der Waals surface area contributed by atoms with E-state index in [9.17, 15) is 4.79 Å². The number of amides is 1. The molecule has 19 heavy (non-hydrogen) atoms. The second-order valence-electron chi connectivity index (χ2n) is 4.82. The number of carbonyl (C=O) groups is 1. The van der Waals surface area contributed by atoms with Crippen molar-refractivity contribution in [1.29, 1.82) is 0 Å². The Morgan fingerprint density at radius 1 is 1.32 bits per heavy atom. The Balaban J connectivity index is 2.60. The number of nitrogens with two attached hydrogens (primary N) is 1. The predicted molar refractivity (Wildman–Crippen MR) is 80.7 cm³/mol. The summed E-state index contributed by atoms with van der Waals surface area (Å²) in [5, 5.41) is 2.89. The molecule has 0 atom stereocenters. The summed E-state index contributed by atoms with van der Waals surface area (Å²) in [5.41, 5.74) is 8.06. The van der Waals surface area contributed by atoms with Crippen LogP contribution in [0.4, 0.5) is 11.4 Å². The fraction of sp³-hybridized carbons (Fsp3) is 0.500. The summed E-state index contributed by atoms with van der Waals surface area (Å²) in [4.78, 5) is 16.0. The lowest BCUT2D eigenvalue weighted by Crippen LogP contribution is -2.32. The maximum absolute atomic E-state index is 11.9. The van der Waals surface area contributed by atoms with Gasteiger partial charge in [0.2, 0.25) is 0 Å². The largest absolute Gasteiger partial charge is 0.397 e. The van der Waals surface area contributed by atoms with E-state index in [4.69, 9.17) is 5.73 Å². The number of nitrogens with one attached hydrogen (secondary N) is 1. The number of anilines is 2. The second kappa shape index (κ2) is 6.99. The first-order valence-electron chi connectivity index (χ1n) is 6.49. The van der Waals surface area contributed by atoms with Gasteiger partial charge in [-0.25, -0.2) is 0 Å². The van der Waals surface area contributed by atoms with E-state index in [1.807, 2.05) is 32.1 Å². The summed E-state index contributed by atoms with van der Waals surface area (Å²) >= 11 is 0. The van der Waals surface area contributed by atoms with Gasteiger partial charge in [0.25, 0.3) is 5.91 Å². The highest BCUT2D eigenvalue weighted by Gasteiger charge is 2.08. The molecule has 0 saturated heterocycles. The van der Waals surface area contributed by atoms with Gasteiger partial charge < -0.3 is 20.9 Å². The van der Waals surface area contributed by atoms with Crippen LogP contribution in [0, 0.1) is 0 Å². The first-order chi connectivity index (χ1) is 8.95. The van der Waals surface area contributed by atoms with Crippen molar-refractivity contribution in [2.24, 2.45) is 0 Å². The van der Waals surface area contributed by atoms with Gasteiger partial charge in [-0.15, -0.1) is 0 Å². The zero-order valence-corrected chi connectivity index (χ0v) is 12.2. The third kappa shape index (κ3) is 4.44. The Labute approximate surface area is 115 Å². The highest BCUT2D eigenvalue weighted by atomic mass is 16.1. The summed E-state index contributed by atoms with van der Waals surface area (Å²) < 4.78 is 0. The summed E-state index contributed by atoms with van der Waals surface area (Å²) in [6, 6.07) is 5.38. The molecule has 0 aliphatic carbocycles. The molecule has 0 spiro atoms. The Bertz CT molecular complexity index is 431. The minimum Gasteiger partial charge on any atom is -0.397 e. The van der Waals surface area contributed by atoms with E-state index in [1.165, 1.54) is 0 Å². The lowest BCUT2D eigenvalue weighted by Gasteiger charge is -2.16. The molecule has 1 amide bonds. The minimum absolute atomic E-state index is 0.0819. The van der Waals surface area contributed by atoms with E-state index in [1.54, 1.807) is 12.1 Å². The minimum atomic E-state index is -0.0819. The summed E-state index contributed by atoms with van der Waals surface area (Å²) in [5.74, 6) is -0.0819. The van der Waals surface area contributed by atoms with Gasteiger partial charge in [0.15, 0.2) is 0 Å². The van der Waals surface area contributed by atoms with Crippen molar-refractivity contribution in [1.82, 2.24) is 10.2 Å². The molecule has 0 aromatic heterocycles.